The lowest BCUT2D eigenvalue weighted by Gasteiger charge is -2.12. The van der Waals surface area contributed by atoms with Gasteiger partial charge in [0.15, 0.2) is 6.61 Å². The van der Waals surface area contributed by atoms with Gasteiger partial charge in [-0.15, -0.1) is 0 Å². The van der Waals surface area contributed by atoms with Gasteiger partial charge in [-0.2, -0.15) is 0 Å². The monoisotopic (exact) mass is 293 g/mol. The largest absolute Gasteiger partial charge is 0.484 e. The Morgan fingerprint density at radius 3 is 2.48 bits per heavy atom. The molecule has 3 N–H and O–H groups in total. The van der Waals surface area contributed by atoms with Crippen molar-refractivity contribution in [1.29, 1.82) is 0 Å². The molecule has 116 valence electrons. The number of rotatable bonds is 8. The van der Waals surface area contributed by atoms with Gasteiger partial charge in [-0.3, -0.25) is 9.59 Å². The van der Waals surface area contributed by atoms with Gasteiger partial charge in [-0.05, 0) is 38.2 Å². The van der Waals surface area contributed by atoms with E-state index in [1.165, 1.54) is 0 Å². The molecule has 1 aromatic rings. The third kappa shape index (κ3) is 6.27. The minimum atomic E-state index is -0.157. The molecule has 0 aliphatic carbocycles. The highest BCUT2D eigenvalue weighted by molar-refractivity contribution is 5.92. The summed E-state index contributed by atoms with van der Waals surface area (Å²) >= 11 is 0. The fourth-order valence-corrected chi connectivity index (χ4v) is 1.70. The predicted octanol–water partition coefficient (Wildman–Crippen LogP) is 0.995. The highest BCUT2D eigenvalue weighted by Crippen LogP contribution is 2.16. The van der Waals surface area contributed by atoms with E-state index in [0.29, 0.717) is 24.5 Å². The van der Waals surface area contributed by atoms with E-state index in [9.17, 15) is 9.59 Å². The van der Waals surface area contributed by atoms with E-state index in [1.54, 1.807) is 24.3 Å². The van der Waals surface area contributed by atoms with E-state index < -0.39 is 0 Å². The summed E-state index contributed by atoms with van der Waals surface area (Å²) in [4.78, 5) is 23.1. The number of hydrogen-bond donors (Lipinski definition) is 3. The topological polar surface area (TPSA) is 79.5 Å². The average molecular weight is 293 g/mol. The standard InChI is InChI=1S/C15H23N3O3/c1-4-17-14(19)10-21-13-7-5-12(6-8-13)18-15(20)11(2)9-16-3/h5-8,11,16H,4,9-10H2,1-3H3,(H,17,19)(H,18,20). The first-order valence-electron chi connectivity index (χ1n) is 7.01. The molecule has 0 saturated carbocycles. The van der Waals surface area contributed by atoms with Gasteiger partial charge in [0.25, 0.3) is 5.91 Å². The van der Waals surface area contributed by atoms with Crippen molar-refractivity contribution >= 4 is 17.5 Å². The zero-order chi connectivity index (χ0) is 15.7. The third-order valence-corrected chi connectivity index (χ3v) is 2.82. The number of hydrogen-bond acceptors (Lipinski definition) is 4. The molecule has 0 radical (unpaired) electrons. The number of benzene rings is 1. The van der Waals surface area contributed by atoms with E-state index in [-0.39, 0.29) is 24.3 Å². The Morgan fingerprint density at radius 1 is 1.24 bits per heavy atom. The number of amides is 2. The fraction of sp³-hybridized carbons (Fsp3) is 0.467. The van der Waals surface area contributed by atoms with Crippen molar-refractivity contribution in [3.63, 3.8) is 0 Å². The lowest BCUT2D eigenvalue weighted by atomic mass is 10.1. The second-order valence-electron chi connectivity index (χ2n) is 4.71. The Bertz CT molecular complexity index is 460. The van der Waals surface area contributed by atoms with Gasteiger partial charge in [0.2, 0.25) is 5.91 Å². The maximum absolute atomic E-state index is 11.8. The summed E-state index contributed by atoms with van der Waals surface area (Å²) in [6, 6.07) is 6.93. The lowest BCUT2D eigenvalue weighted by molar-refractivity contribution is -0.123. The maximum Gasteiger partial charge on any atom is 0.257 e. The number of ether oxygens (including phenoxy) is 1. The van der Waals surface area contributed by atoms with Gasteiger partial charge in [0.1, 0.15) is 5.75 Å². The van der Waals surface area contributed by atoms with Crippen LogP contribution in [0, 0.1) is 5.92 Å². The highest BCUT2D eigenvalue weighted by Gasteiger charge is 2.11. The number of carbonyl (C=O) groups is 2. The zero-order valence-electron chi connectivity index (χ0n) is 12.7. The first-order valence-corrected chi connectivity index (χ1v) is 7.01. The molecule has 0 spiro atoms. The Kier molecular flexibility index (Phi) is 7.25. The number of likely N-dealkylation sites (N-methyl/N-ethyl adjacent to an activating group) is 1. The summed E-state index contributed by atoms with van der Waals surface area (Å²) in [6.45, 7) is 4.90. The molecule has 6 nitrogen and oxygen atoms in total. The Labute approximate surface area is 125 Å². The first-order chi connectivity index (χ1) is 10.1. The summed E-state index contributed by atoms with van der Waals surface area (Å²) < 4.78 is 5.33. The van der Waals surface area contributed by atoms with Crippen LogP contribution in [0.5, 0.6) is 5.75 Å². The fourth-order valence-electron chi connectivity index (χ4n) is 1.70. The van der Waals surface area contributed by atoms with E-state index >= 15 is 0 Å². The average Bonchev–Trinajstić information content (AvgIpc) is 2.47. The van der Waals surface area contributed by atoms with Crippen LogP contribution in [-0.4, -0.2) is 38.6 Å². The van der Waals surface area contributed by atoms with Crippen LogP contribution in [0.4, 0.5) is 5.69 Å². The minimum Gasteiger partial charge on any atom is -0.484 e. The van der Waals surface area contributed by atoms with Crippen LogP contribution in [0.25, 0.3) is 0 Å². The molecule has 0 aliphatic heterocycles. The minimum absolute atomic E-state index is 0.0151. The summed E-state index contributed by atoms with van der Waals surface area (Å²) in [5.41, 5.74) is 0.702. The number of carbonyl (C=O) groups excluding carboxylic acids is 2. The second-order valence-corrected chi connectivity index (χ2v) is 4.71. The molecule has 0 bridgehead atoms. The van der Waals surface area contributed by atoms with Crippen molar-refractivity contribution in [2.45, 2.75) is 13.8 Å². The SMILES string of the molecule is CCNC(=O)COc1ccc(NC(=O)C(C)CNC)cc1. The van der Waals surface area contributed by atoms with Gasteiger partial charge in [-0.1, -0.05) is 6.92 Å². The number of anilines is 1. The normalized spacial score (nSPS) is 11.6. The van der Waals surface area contributed by atoms with Crippen molar-refractivity contribution in [3.8, 4) is 5.75 Å². The van der Waals surface area contributed by atoms with Crippen LogP contribution in [0.2, 0.25) is 0 Å². The maximum atomic E-state index is 11.8. The van der Waals surface area contributed by atoms with Crippen molar-refractivity contribution in [3.05, 3.63) is 24.3 Å². The van der Waals surface area contributed by atoms with Gasteiger partial charge >= 0.3 is 0 Å². The third-order valence-electron chi connectivity index (χ3n) is 2.82. The lowest BCUT2D eigenvalue weighted by Crippen LogP contribution is -2.28. The van der Waals surface area contributed by atoms with E-state index in [0.717, 1.165) is 0 Å². The van der Waals surface area contributed by atoms with Crippen molar-refractivity contribution in [2.24, 2.45) is 5.92 Å². The van der Waals surface area contributed by atoms with Crippen LogP contribution in [0.1, 0.15) is 13.8 Å². The van der Waals surface area contributed by atoms with E-state index in [4.69, 9.17) is 4.74 Å². The van der Waals surface area contributed by atoms with Crippen molar-refractivity contribution in [1.82, 2.24) is 10.6 Å². The van der Waals surface area contributed by atoms with E-state index in [2.05, 4.69) is 16.0 Å². The molecule has 21 heavy (non-hydrogen) atoms. The molecule has 0 fully saturated rings. The number of nitrogens with one attached hydrogen (secondary N) is 3. The Balaban J connectivity index is 2.46. The highest BCUT2D eigenvalue weighted by atomic mass is 16.5. The van der Waals surface area contributed by atoms with Crippen LogP contribution in [0.3, 0.4) is 0 Å². The van der Waals surface area contributed by atoms with Crippen molar-refractivity contribution in [2.75, 3.05) is 32.1 Å². The zero-order valence-corrected chi connectivity index (χ0v) is 12.7. The molecular formula is C15H23N3O3. The van der Waals surface area contributed by atoms with Crippen molar-refractivity contribution < 1.29 is 14.3 Å². The molecule has 1 rings (SSSR count). The summed E-state index contributed by atoms with van der Waals surface area (Å²) in [5.74, 6) is 0.280. The van der Waals surface area contributed by atoms with Gasteiger partial charge in [0, 0.05) is 24.7 Å². The molecular weight excluding hydrogens is 270 g/mol. The molecule has 0 heterocycles. The predicted molar refractivity (Wildman–Crippen MR) is 82.3 cm³/mol. The first kappa shape index (κ1) is 17.0. The molecule has 0 aromatic heterocycles. The Hall–Kier alpha value is -2.08. The second kappa shape index (κ2) is 8.97. The summed E-state index contributed by atoms with van der Waals surface area (Å²) in [5, 5.41) is 8.44. The van der Waals surface area contributed by atoms with Gasteiger partial charge in [0.05, 0.1) is 0 Å². The molecule has 6 heteroatoms. The molecule has 1 aromatic carbocycles. The smallest absolute Gasteiger partial charge is 0.257 e. The van der Waals surface area contributed by atoms with Crippen LogP contribution < -0.4 is 20.7 Å². The quantitative estimate of drug-likeness (QED) is 0.668. The molecule has 1 unspecified atom stereocenters. The van der Waals surface area contributed by atoms with Crippen LogP contribution >= 0.6 is 0 Å². The van der Waals surface area contributed by atoms with Crippen LogP contribution in [0.15, 0.2) is 24.3 Å². The molecule has 0 saturated heterocycles. The Morgan fingerprint density at radius 2 is 1.90 bits per heavy atom. The molecule has 0 aliphatic rings. The summed E-state index contributed by atoms with van der Waals surface area (Å²) in [7, 11) is 1.81. The van der Waals surface area contributed by atoms with Gasteiger partial charge < -0.3 is 20.7 Å². The molecule has 2 amide bonds. The van der Waals surface area contributed by atoms with Gasteiger partial charge in [-0.25, -0.2) is 0 Å². The molecule has 1 atom stereocenters. The van der Waals surface area contributed by atoms with E-state index in [1.807, 2.05) is 20.9 Å². The van der Waals surface area contributed by atoms with Crippen LogP contribution in [-0.2, 0) is 9.59 Å². The summed E-state index contributed by atoms with van der Waals surface area (Å²) in [6.07, 6.45) is 0.